The van der Waals surface area contributed by atoms with E-state index in [2.05, 4.69) is 12.1 Å². The van der Waals surface area contributed by atoms with Crippen molar-refractivity contribution < 1.29 is 9.53 Å². The van der Waals surface area contributed by atoms with Crippen molar-refractivity contribution in [3.63, 3.8) is 0 Å². The molecule has 0 spiro atoms. The van der Waals surface area contributed by atoms with Crippen LogP contribution in [-0.2, 0) is 16.0 Å². The third-order valence-corrected chi connectivity index (χ3v) is 3.52. The Morgan fingerprint density at radius 1 is 1.28 bits per heavy atom. The number of aryl methyl sites for hydroxylation is 1. The number of carbonyl (C=O) groups is 1. The van der Waals surface area contributed by atoms with Gasteiger partial charge in [-0.05, 0) is 18.4 Å². The molecular formula is C14H18ClNO2. The van der Waals surface area contributed by atoms with E-state index in [1.54, 1.807) is 4.90 Å². The fourth-order valence-electron chi connectivity index (χ4n) is 2.04. The zero-order valence-electron chi connectivity index (χ0n) is 10.3. The first-order valence-corrected chi connectivity index (χ1v) is 6.75. The molecule has 1 heterocycles. The Morgan fingerprint density at radius 2 is 1.94 bits per heavy atom. The molecular weight excluding hydrogens is 250 g/mol. The molecule has 1 atom stereocenters. The predicted octanol–water partition coefficient (Wildman–Crippen LogP) is 2.09. The molecule has 0 aliphatic carbocycles. The Kier molecular flexibility index (Phi) is 5.02. The molecule has 1 unspecified atom stereocenters. The molecule has 0 radical (unpaired) electrons. The summed E-state index contributed by atoms with van der Waals surface area (Å²) < 4.78 is 5.22. The lowest BCUT2D eigenvalue weighted by molar-refractivity contribution is -0.134. The van der Waals surface area contributed by atoms with Gasteiger partial charge in [0.05, 0.1) is 13.2 Å². The van der Waals surface area contributed by atoms with Crippen molar-refractivity contribution in [3.8, 4) is 0 Å². The van der Waals surface area contributed by atoms with Crippen molar-refractivity contribution in [1.82, 2.24) is 4.90 Å². The van der Waals surface area contributed by atoms with Crippen LogP contribution >= 0.6 is 11.6 Å². The molecule has 0 bridgehead atoms. The van der Waals surface area contributed by atoms with E-state index in [0.29, 0.717) is 32.7 Å². The minimum absolute atomic E-state index is 0.0379. The minimum Gasteiger partial charge on any atom is -0.378 e. The standard InChI is InChI=1S/C14H18ClNO2/c15-13(7-6-12-4-2-1-3-5-12)14(17)16-8-10-18-11-9-16/h1-5,13H,6-11H2. The normalized spacial score (nSPS) is 17.5. The molecule has 1 amide bonds. The van der Waals surface area contributed by atoms with Crippen LogP contribution in [0.4, 0.5) is 0 Å². The first-order chi connectivity index (χ1) is 8.77. The Morgan fingerprint density at radius 3 is 2.61 bits per heavy atom. The van der Waals surface area contributed by atoms with Gasteiger partial charge in [0.25, 0.3) is 0 Å². The SMILES string of the molecule is O=C(C(Cl)CCc1ccccc1)N1CCOCC1. The molecule has 4 heteroatoms. The maximum atomic E-state index is 12.1. The molecule has 1 aromatic rings. The quantitative estimate of drug-likeness (QED) is 0.782. The summed E-state index contributed by atoms with van der Waals surface area (Å²) in [7, 11) is 0. The van der Waals surface area contributed by atoms with Gasteiger partial charge in [-0.25, -0.2) is 0 Å². The van der Waals surface area contributed by atoms with Crippen LogP contribution in [0.1, 0.15) is 12.0 Å². The van der Waals surface area contributed by atoms with Crippen molar-refractivity contribution in [2.75, 3.05) is 26.3 Å². The molecule has 18 heavy (non-hydrogen) atoms. The molecule has 3 nitrogen and oxygen atoms in total. The first-order valence-electron chi connectivity index (χ1n) is 6.32. The largest absolute Gasteiger partial charge is 0.378 e. The first kappa shape index (κ1) is 13.4. The monoisotopic (exact) mass is 267 g/mol. The zero-order valence-corrected chi connectivity index (χ0v) is 11.1. The highest BCUT2D eigenvalue weighted by Crippen LogP contribution is 2.13. The summed E-state index contributed by atoms with van der Waals surface area (Å²) in [6, 6.07) is 10.1. The summed E-state index contributed by atoms with van der Waals surface area (Å²) in [4.78, 5) is 13.9. The topological polar surface area (TPSA) is 29.5 Å². The van der Waals surface area contributed by atoms with Crippen LogP contribution in [0, 0.1) is 0 Å². The Hall–Kier alpha value is -1.06. The number of amides is 1. The van der Waals surface area contributed by atoms with Gasteiger partial charge in [0, 0.05) is 13.1 Å². The number of carbonyl (C=O) groups excluding carboxylic acids is 1. The number of alkyl halides is 1. The molecule has 1 fully saturated rings. The van der Waals surface area contributed by atoms with Crippen molar-refractivity contribution >= 4 is 17.5 Å². The second-order valence-corrected chi connectivity index (χ2v) is 4.96. The summed E-state index contributed by atoms with van der Waals surface area (Å²) in [6.45, 7) is 2.56. The van der Waals surface area contributed by atoms with Gasteiger partial charge in [0.15, 0.2) is 0 Å². The molecule has 98 valence electrons. The summed E-state index contributed by atoms with van der Waals surface area (Å²) in [5, 5.41) is -0.427. The maximum Gasteiger partial charge on any atom is 0.240 e. The number of rotatable bonds is 4. The van der Waals surface area contributed by atoms with Crippen LogP contribution in [0.5, 0.6) is 0 Å². The van der Waals surface area contributed by atoms with Gasteiger partial charge in [-0.1, -0.05) is 30.3 Å². The number of hydrogen-bond donors (Lipinski definition) is 0. The van der Waals surface area contributed by atoms with Crippen LogP contribution in [-0.4, -0.2) is 42.5 Å². The molecule has 1 aliphatic heterocycles. The summed E-state index contributed by atoms with van der Waals surface area (Å²) in [5.41, 5.74) is 1.22. The number of morpholine rings is 1. The van der Waals surface area contributed by atoms with Gasteiger partial charge in [0.2, 0.25) is 5.91 Å². The molecule has 1 saturated heterocycles. The van der Waals surface area contributed by atoms with Crippen LogP contribution in [0.15, 0.2) is 30.3 Å². The summed E-state index contributed by atoms with van der Waals surface area (Å²) >= 11 is 6.18. The third kappa shape index (κ3) is 3.72. The van der Waals surface area contributed by atoms with E-state index in [1.165, 1.54) is 5.56 Å². The van der Waals surface area contributed by atoms with E-state index < -0.39 is 5.38 Å². The Labute approximate surface area is 113 Å². The fourth-order valence-corrected chi connectivity index (χ4v) is 2.29. The highest BCUT2D eigenvalue weighted by Gasteiger charge is 2.23. The predicted molar refractivity (Wildman–Crippen MR) is 71.8 cm³/mol. The minimum atomic E-state index is -0.427. The lowest BCUT2D eigenvalue weighted by Gasteiger charge is -2.28. The van der Waals surface area contributed by atoms with Crippen molar-refractivity contribution in [2.24, 2.45) is 0 Å². The zero-order chi connectivity index (χ0) is 12.8. The number of hydrogen-bond acceptors (Lipinski definition) is 2. The van der Waals surface area contributed by atoms with Crippen LogP contribution < -0.4 is 0 Å². The van der Waals surface area contributed by atoms with Crippen LogP contribution in [0.25, 0.3) is 0 Å². The van der Waals surface area contributed by atoms with E-state index in [4.69, 9.17) is 16.3 Å². The van der Waals surface area contributed by atoms with Gasteiger partial charge in [-0.3, -0.25) is 4.79 Å². The van der Waals surface area contributed by atoms with E-state index >= 15 is 0 Å². The number of halogens is 1. The lowest BCUT2D eigenvalue weighted by Crippen LogP contribution is -2.44. The number of nitrogens with zero attached hydrogens (tertiary/aromatic N) is 1. The summed E-state index contributed by atoms with van der Waals surface area (Å²) in [5.74, 6) is 0.0379. The molecule has 1 aromatic carbocycles. The van der Waals surface area contributed by atoms with Crippen molar-refractivity contribution in [2.45, 2.75) is 18.2 Å². The second kappa shape index (κ2) is 6.76. The van der Waals surface area contributed by atoms with E-state index in [0.717, 1.165) is 6.42 Å². The second-order valence-electron chi connectivity index (χ2n) is 4.43. The maximum absolute atomic E-state index is 12.1. The lowest BCUT2D eigenvalue weighted by atomic mass is 10.1. The molecule has 1 aliphatic rings. The average molecular weight is 268 g/mol. The highest BCUT2D eigenvalue weighted by atomic mass is 35.5. The Bertz CT molecular complexity index is 377. The number of ether oxygens (including phenoxy) is 1. The molecule has 2 rings (SSSR count). The number of benzene rings is 1. The van der Waals surface area contributed by atoms with Gasteiger partial charge in [-0.2, -0.15) is 0 Å². The Balaban J connectivity index is 1.80. The fraction of sp³-hybridized carbons (Fsp3) is 0.500. The summed E-state index contributed by atoms with van der Waals surface area (Å²) in [6.07, 6.45) is 1.52. The highest BCUT2D eigenvalue weighted by molar-refractivity contribution is 6.30. The molecule has 0 saturated carbocycles. The molecule has 0 aromatic heterocycles. The van der Waals surface area contributed by atoms with Crippen molar-refractivity contribution in [1.29, 1.82) is 0 Å². The van der Waals surface area contributed by atoms with E-state index in [-0.39, 0.29) is 5.91 Å². The van der Waals surface area contributed by atoms with Gasteiger partial charge >= 0.3 is 0 Å². The average Bonchev–Trinajstić information content (AvgIpc) is 2.46. The van der Waals surface area contributed by atoms with Crippen LogP contribution in [0.2, 0.25) is 0 Å². The smallest absolute Gasteiger partial charge is 0.240 e. The van der Waals surface area contributed by atoms with Crippen LogP contribution in [0.3, 0.4) is 0 Å². The van der Waals surface area contributed by atoms with E-state index in [1.807, 2.05) is 18.2 Å². The van der Waals surface area contributed by atoms with E-state index in [9.17, 15) is 4.79 Å². The van der Waals surface area contributed by atoms with Gasteiger partial charge < -0.3 is 9.64 Å². The molecule has 0 N–H and O–H groups in total. The van der Waals surface area contributed by atoms with Crippen molar-refractivity contribution in [3.05, 3.63) is 35.9 Å². The van der Waals surface area contributed by atoms with Gasteiger partial charge in [0.1, 0.15) is 5.38 Å². The third-order valence-electron chi connectivity index (χ3n) is 3.12. The van der Waals surface area contributed by atoms with Gasteiger partial charge in [-0.15, -0.1) is 11.6 Å².